The molecule has 0 saturated carbocycles. The Balaban J connectivity index is 1.40. The van der Waals surface area contributed by atoms with E-state index in [2.05, 4.69) is 53.6 Å². The Morgan fingerprint density at radius 2 is 1.67 bits per heavy atom. The lowest BCUT2D eigenvalue weighted by Crippen LogP contribution is -2.31. The van der Waals surface area contributed by atoms with Crippen molar-refractivity contribution in [3.8, 4) is 11.3 Å². The van der Waals surface area contributed by atoms with E-state index in [4.69, 9.17) is 0 Å². The Bertz CT molecular complexity index is 1180. The molecule has 0 unspecified atom stereocenters. The fourth-order valence-electron chi connectivity index (χ4n) is 3.82. The zero-order chi connectivity index (χ0) is 23.3. The van der Waals surface area contributed by atoms with Crippen molar-refractivity contribution < 1.29 is 8.42 Å². The van der Waals surface area contributed by atoms with Crippen LogP contribution in [0.3, 0.4) is 0 Å². The van der Waals surface area contributed by atoms with Gasteiger partial charge in [0.15, 0.2) is 0 Å². The van der Waals surface area contributed by atoms with E-state index >= 15 is 0 Å². The zero-order valence-corrected chi connectivity index (χ0v) is 20.7. The molecule has 1 aliphatic rings. The van der Waals surface area contributed by atoms with Crippen molar-refractivity contribution in [1.29, 1.82) is 0 Å². The number of anilines is 1. The minimum Gasteiger partial charge on any atom is -0.253 e. The number of benzene rings is 2. The van der Waals surface area contributed by atoms with E-state index < -0.39 is 10.0 Å². The first-order valence-electron chi connectivity index (χ1n) is 11.4. The van der Waals surface area contributed by atoms with Gasteiger partial charge in [-0.3, -0.25) is 5.43 Å². The van der Waals surface area contributed by atoms with Gasteiger partial charge in [0.05, 0.1) is 16.8 Å². The van der Waals surface area contributed by atoms with E-state index in [1.807, 2.05) is 17.5 Å². The van der Waals surface area contributed by atoms with E-state index in [1.54, 1.807) is 22.7 Å². The van der Waals surface area contributed by atoms with Crippen molar-refractivity contribution in [2.75, 3.05) is 18.5 Å². The molecule has 4 rings (SSSR count). The molecule has 0 bridgehead atoms. The summed E-state index contributed by atoms with van der Waals surface area (Å²) in [7, 11) is -3.44. The maximum absolute atomic E-state index is 13.0. The first-order chi connectivity index (χ1) is 15.9. The summed E-state index contributed by atoms with van der Waals surface area (Å²) in [6.45, 7) is 5.56. The van der Waals surface area contributed by atoms with Crippen LogP contribution in [0.25, 0.3) is 11.3 Å². The molecule has 1 N–H and O–H groups in total. The summed E-state index contributed by atoms with van der Waals surface area (Å²) in [6, 6.07) is 15.3. The van der Waals surface area contributed by atoms with Gasteiger partial charge >= 0.3 is 0 Å². The maximum Gasteiger partial charge on any atom is 0.243 e. The lowest BCUT2D eigenvalue weighted by atomic mass is 10.0. The van der Waals surface area contributed by atoms with E-state index in [0.717, 1.165) is 42.5 Å². The number of hydrogen-bond donors (Lipinski definition) is 1. The number of nitrogens with one attached hydrogen (secondary N) is 1. The first-order valence-corrected chi connectivity index (χ1v) is 13.7. The van der Waals surface area contributed by atoms with Crippen LogP contribution in [-0.2, 0) is 10.0 Å². The third kappa shape index (κ3) is 5.88. The van der Waals surface area contributed by atoms with Gasteiger partial charge in [0, 0.05) is 24.0 Å². The highest BCUT2D eigenvalue weighted by Gasteiger charge is 2.25. The Labute approximate surface area is 200 Å². The fraction of sp³-hybridized carbons (Fsp3) is 0.360. The van der Waals surface area contributed by atoms with Gasteiger partial charge in [-0.15, -0.1) is 11.3 Å². The molecule has 1 aliphatic heterocycles. The van der Waals surface area contributed by atoms with Crippen molar-refractivity contribution in [1.82, 2.24) is 9.29 Å². The topological polar surface area (TPSA) is 74.7 Å². The summed E-state index contributed by atoms with van der Waals surface area (Å²) >= 11 is 1.46. The lowest BCUT2D eigenvalue weighted by Gasteiger charge is -2.19. The normalized spacial score (nSPS) is 15.7. The quantitative estimate of drug-likeness (QED) is 0.334. The van der Waals surface area contributed by atoms with Gasteiger partial charge in [-0.2, -0.15) is 9.41 Å². The summed E-state index contributed by atoms with van der Waals surface area (Å²) in [4.78, 5) is 4.92. The van der Waals surface area contributed by atoms with Crippen molar-refractivity contribution >= 4 is 32.7 Å². The van der Waals surface area contributed by atoms with E-state index in [1.165, 1.54) is 16.9 Å². The second-order valence-corrected chi connectivity index (χ2v) is 11.4. The minimum atomic E-state index is -3.44. The van der Waals surface area contributed by atoms with Crippen LogP contribution in [0.5, 0.6) is 0 Å². The van der Waals surface area contributed by atoms with Gasteiger partial charge in [0.2, 0.25) is 15.2 Å². The largest absolute Gasteiger partial charge is 0.253 e. The van der Waals surface area contributed by atoms with Crippen molar-refractivity contribution in [2.45, 2.75) is 50.3 Å². The monoisotopic (exact) mass is 482 g/mol. The molecule has 0 aliphatic carbocycles. The van der Waals surface area contributed by atoms with Gasteiger partial charge in [0.25, 0.3) is 0 Å². The summed E-state index contributed by atoms with van der Waals surface area (Å²) in [5.74, 6) is 0.506. The highest BCUT2D eigenvalue weighted by molar-refractivity contribution is 7.89. The molecule has 0 atom stereocenters. The number of aromatic nitrogens is 1. The molecule has 8 heteroatoms. The number of hydrogen-bond acceptors (Lipinski definition) is 6. The van der Waals surface area contributed by atoms with Gasteiger partial charge in [-0.25, -0.2) is 13.4 Å². The number of rotatable bonds is 7. The van der Waals surface area contributed by atoms with Gasteiger partial charge < -0.3 is 0 Å². The van der Waals surface area contributed by atoms with E-state index in [-0.39, 0.29) is 0 Å². The molecule has 3 aromatic rings. The molecule has 6 nitrogen and oxygen atoms in total. The summed E-state index contributed by atoms with van der Waals surface area (Å²) in [5.41, 5.74) is 6.97. The summed E-state index contributed by atoms with van der Waals surface area (Å²) < 4.78 is 27.6. The number of thiazole rings is 1. The van der Waals surface area contributed by atoms with Crippen LogP contribution >= 0.6 is 11.3 Å². The van der Waals surface area contributed by atoms with Gasteiger partial charge in [-0.05, 0) is 42.0 Å². The Morgan fingerprint density at radius 3 is 2.30 bits per heavy atom. The highest BCUT2D eigenvalue weighted by Crippen LogP contribution is 2.27. The predicted octanol–water partition coefficient (Wildman–Crippen LogP) is 5.94. The Hall–Kier alpha value is -2.55. The van der Waals surface area contributed by atoms with Crippen LogP contribution in [0.1, 0.15) is 56.6 Å². The van der Waals surface area contributed by atoms with Crippen LogP contribution in [0.15, 0.2) is 63.9 Å². The standard InChI is InChI=1S/C25H30N4O2S2/c1-19(2)21-9-7-20(8-10-21)17-26-28-25-27-24(18-32-25)22-11-13-23(14-12-22)33(30,31)29-15-5-3-4-6-16-29/h7-14,17-19H,3-6,15-16H2,1-2H3,(H,27,28)/b26-17+. The molecule has 0 amide bonds. The van der Waals surface area contributed by atoms with Crippen LogP contribution < -0.4 is 5.43 Å². The van der Waals surface area contributed by atoms with E-state index in [0.29, 0.717) is 29.0 Å². The van der Waals surface area contributed by atoms with Crippen molar-refractivity contribution in [2.24, 2.45) is 5.10 Å². The lowest BCUT2D eigenvalue weighted by molar-refractivity contribution is 0.424. The summed E-state index contributed by atoms with van der Waals surface area (Å²) in [6.07, 6.45) is 5.82. The van der Waals surface area contributed by atoms with Crippen LogP contribution in [0.4, 0.5) is 5.13 Å². The molecule has 2 heterocycles. The van der Waals surface area contributed by atoms with E-state index in [9.17, 15) is 8.42 Å². The zero-order valence-electron chi connectivity index (χ0n) is 19.1. The molecular weight excluding hydrogens is 452 g/mol. The Morgan fingerprint density at radius 1 is 1.00 bits per heavy atom. The smallest absolute Gasteiger partial charge is 0.243 e. The second kappa shape index (κ2) is 10.6. The van der Waals surface area contributed by atoms with Crippen LogP contribution in [0, 0.1) is 0 Å². The molecule has 1 aromatic heterocycles. The van der Waals surface area contributed by atoms with Crippen molar-refractivity contribution in [3.05, 3.63) is 65.0 Å². The minimum absolute atomic E-state index is 0.342. The van der Waals surface area contributed by atoms with Gasteiger partial charge in [0.1, 0.15) is 0 Å². The SMILES string of the molecule is CC(C)c1ccc(/C=N/Nc2nc(-c3ccc(S(=O)(=O)N4CCCCCC4)cc3)cs2)cc1. The second-order valence-electron chi connectivity index (χ2n) is 8.57. The highest BCUT2D eigenvalue weighted by atomic mass is 32.2. The first kappa shape index (κ1) is 23.6. The van der Waals surface area contributed by atoms with Crippen molar-refractivity contribution in [3.63, 3.8) is 0 Å². The molecule has 174 valence electrons. The molecule has 1 fully saturated rings. The molecular formula is C25H30N4O2S2. The van der Waals surface area contributed by atoms with Crippen LogP contribution in [-0.4, -0.2) is 37.0 Å². The molecule has 0 radical (unpaired) electrons. The molecule has 0 spiro atoms. The maximum atomic E-state index is 13.0. The third-order valence-corrected chi connectivity index (χ3v) is 8.49. The molecule has 33 heavy (non-hydrogen) atoms. The predicted molar refractivity (Wildman–Crippen MR) is 137 cm³/mol. The number of sulfonamides is 1. The number of nitrogens with zero attached hydrogens (tertiary/aromatic N) is 3. The van der Waals surface area contributed by atoms with Gasteiger partial charge in [-0.1, -0.05) is 63.1 Å². The fourth-order valence-corrected chi connectivity index (χ4v) is 6.00. The summed E-state index contributed by atoms with van der Waals surface area (Å²) in [5, 5.41) is 6.91. The molecule has 1 saturated heterocycles. The molecule has 2 aromatic carbocycles. The van der Waals surface area contributed by atoms with Crippen LogP contribution in [0.2, 0.25) is 0 Å². The average Bonchev–Trinajstić information content (AvgIpc) is 3.11. The third-order valence-electron chi connectivity index (χ3n) is 5.83. The Kier molecular flexibility index (Phi) is 7.57. The number of hydrazone groups is 1. The average molecular weight is 483 g/mol.